The van der Waals surface area contributed by atoms with Crippen molar-refractivity contribution in [1.29, 1.82) is 0 Å². The van der Waals surface area contributed by atoms with Gasteiger partial charge in [0.15, 0.2) is 0 Å². The van der Waals surface area contributed by atoms with Crippen LogP contribution in [0.5, 0.6) is 5.75 Å². The van der Waals surface area contributed by atoms with Crippen molar-refractivity contribution in [3.05, 3.63) is 24.3 Å². The van der Waals surface area contributed by atoms with Crippen LogP contribution in [-0.2, 0) is 19.1 Å². The summed E-state index contributed by atoms with van der Waals surface area (Å²) in [7, 11) is 0. The Hall–Kier alpha value is -2.65. The summed E-state index contributed by atoms with van der Waals surface area (Å²) in [5.74, 6) is -1.64. The Kier molecular flexibility index (Phi) is 7.85. The first-order valence-corrected chi connectivity index (χ1v) is 13.6. The molecule has 3 saturated heterocycles. The van der Waals surface area contributed by atoms with Gasteiger partial charge in [-0.1, -0.05) is 20.3 Å². The highest BCUT2D eigenvalue weighted by Gasteiger charge is 2.79. The Morgan fingerprint density at radius 3 is 2.57 bits per heavy atom. The lowest BCUT2D eigenvalue weighted by Gasteiger charge is -2.36. The van der Waals surface area contributed by atoms with E-state index in [4.69, 9.17) is 9.47 Å². The molecule has 1 aromatic rings. The first kappa shape index (κ1) is 27.4. The molecule has 0 saturated carbocycles. The molecule has 0 radical (unpaired) electrons. The van der Waals surface area contributed by atoms with E-state index in [2.05, 4.69) is 17.6 Å². The molecular weight excluding hydrogens is 474 g/mol. The molecular formula is C28H41N3O6. The van der Waals surface area contributed by atoms with Gasteiger partial charge < -0.3 is 30.1 Å². The fourth-order valence-electron chi connectivity index (χ4n) is 6.77. The maximum absolute atomic E-state index is 13.9. The highest BCUT2D eigenvalue weighted by atomic mass is 16.5. The number of hydrogen-bond acceptors (Lipinski definition) is 6. The minimum Gasteiger partial charge on any atom is -0.494 e. The molecule has 4 unspecified atom stereocenters. The molecule has 2 bridgehead atoms. The van der Waals surface area contributed by atoms with Crippen LogP contribution in [0.2, 0.25) is 0 Å². The Balaban J connectivity index is 1.66. The van der Waals surface area contributed by atoms with E-state index in [0.717, 1.165) is 12.8 Å². The molecule has 3 amide bonds. The second-order valence-electron chi connectivity index (χ2n) is 11.0. The standard InChI is InChI=1S/C28H41N3O6/c1-6-9-18(4)29-25(34)23-28-16-17(3)27(5,37-28)21(22(28)26(35)31(23)14-8-15-32)24(33)30-19-10-12-20(13-11-19)36-7-2/h10-13,17-18,21-23,32H,6-9,14-16H2,1-5H3,(H,29,34)(H,30,33)/t17?,18?,21-,22-,23?,27+,28?/m0/s1. The summed E-state index contributed by atoms with van der Waals surface area (Å²) in [5, 5.41) is 15.5. The third-order valence-electron chi connectivity index (χ3n) is 8.45. The first-order valence-electron chi connectivity index (χ1n) is 13.6. The summed E-state index contributed by atoms with van der Waals surface area (Å²) in [4.78, 5) is 42.9. The highest BCUT2D eigenvalue weighted by Crippen LogP contribution is 2.65. The van der Waals surface area contributed by atoms with E-state index >= 15 is 0 Å². The van der Waals surface area contributed by atoms with Crippen LogP contribution < -0.4 is 15.4 Å². The Morgan fingerprint density at radius 2 is 1.95 bits per heavy atom. The van der Waals surface area contributed by atoms with Crippen molar-refractivity contribution in [3.63, 3.8) is 0 Å². The van der Waals surface area contributed by atoms with Gasteiger partial charge in [0.25, 0.3) is 0 Å². The van der Waals surface area contributed by atoms with Crippen LogP contribution in [0.25, 0.3) is 0 Å². The molecule has 1 spiro atoms. The number of rotatable bonds is 11. The van der Waals surface area contributed by atoms with Gasteiger partial charge in [0.2, 0.25) is 17.7 Å². The van der Waals surface area contributed by atoms with Gasteiger partial charge >= 0.3 is 0 Å². The van der Waals surface area contributed by atoms with Gasteiger partial charge in [-0.25, -0.2) is 0 Å². The van der Waals surface area contributed by atoms with E-state index < -0.39 is 29.1 Å². The smallest absolute Gasteiger partial charge is 0.246 e. The minimum atomic E-state index is -1.09. The first-order chi connectivity index (χ1) is 17.6. The molecule has 1 aromatic carbocycles. The molecule has 0 aromatic heterocycles. The van der Waals surface area contributed by atoms with E-state index in [-0.39, 0.29) is 42.8 Å². The molecule has 37 heavy (non-hydrogen) atoms. The van der Waals surface area contributed by atoms with Gasteiger partial charge in [-0.3, -0.25) is 14.4 Å². The molecule has 9 nitrogen and oxygen atoms in total. The number of anilines is 1. The fourth-order valence-corrected chi connectivity index (χ4v) is 6.77. The van der Waals surface area contributed by atoms with Crippen molar-refractivity contribution in [2.45, 2.75) is 83.6 Å². The van der Waals surface area contributed by atoms with Gasteiger partial charge in [-0.2, -0.15) is 0 Å². The van der Waals surface area contributed by atoms with Crippen molar-refractivity contribution in [3.8, 4) is 5.75 Å². The zero-order valence-electron chi connectivity index (χ0n) is 22.6. The normalized spacial score (nSPS) is 32.8. The van der Waals surface area contributed by atoms with Crippen LogP contribution in [0.1, 0.15) is 60.3 Å². The van der Waals surface area contributed by atoms with Gasteiger partial charge in [0, 0.05) is 24.9 Å². The molecule has 204 valence electrons. The summed E-state index contributed by atoms with van der Waals surface area (Å²) >= 11 is 0. The molecule has 7 atom stereocenters. The second kappa shape index (κ2) is 10.6. The molecule has 9 heteroatoms. The van der Waals surface area contributed by atoms with Gasteiger partial charge in [-0.05, 0) is 70.2 Å². The molecule has 3 heterocycles. The predicted molar refractivity (Wildman–Crippen MR) is 139 cm³/mol. The van der Waals surface area contributed by atoms with E-state index in [1.54, 1.807) is 29.2 Å². The number of fused-ring (bicyclic) bond motifs is 1. The van der Waals surface area contributed by atoms with Crippen LogP contribution in [0.15, 0.2) is 24.3 Å². The Labute approximate surface area is 219 Å². The average molecular weight is 516 g/mol. The Bertz CT molecular complexity index is 1020. The van der Waals surface area contributed by atoms with Crippen molar-refractivity contribution in [1.82, 2.24) is 10.2 Å². The van der Waals surface area contributed by atoms with Gasteiger partial charge in [-0.15, -0.1) is 0 Å². The number of nitrogens with zero attached hydrogens (tertiary/aromatic N) is 1. The molecule has 0 aliphatic carbocycles. The number of likely N-dealkylation sites (tertiary alicyclic amines) is 1. The molecule has 3 aliphatic heterocycles. The Morgan fingerprint density at radius 1 is 1.24 bits per heavy atom. The quantitative estimate of drug-likeness (QED) is 0.417. The fraction of sp³-hybridized carbons (Fsp3) is 0.679. The third kappa shape index (κ3) is 4.61. The van der Waals surface area contributed by atoms with Crippen molar-refractivity contribution < 1.29 is 29.0 Å². The SMILES string of the molecule is CCCC(C)NC(=O)C1N(CCCO)C(=O)[C@@H]2[C@@H](C(=O)Nc3ccc(OCC)cc3)[C@]3(C)OC12CC3C. The predicted octanol–water partition coefficient (Wildman–Crippen LogP) is 2.72. The maximum Gasteiger partial charge on any atom is 0.246 e. The average Bonchev–Trinajstić information content (AvgIpc) is 3.35. The van der Waals surface area contributed by atoms with Gasteiger partial charge in [0.1, 0.15) is 17.4 Å². The maximum atomic E-state index is 13.9. The van der Waals surface area contributed by atoms with Crippen LogP contribution >= 0.6 is 0 Å². The lowest BCUT2D eigenvalue weighted by atomic mass is 9.62. The number of amides is 3. The number of hydrogen-bond donors (Lipinski definition) is 3. The van der Waals surface area contributed by atoms with Crippen LogP contribution in [0.3, 0.4) is 0 Å². The van der Waals surface area contributed by atoms with E-state index in [9.17, 15) is 19.5 Å². The number of carbonyl (C=O) groups excluding carboxylic acids is 3. The van der Waals surface area contributed by atoms with Crippen LogP contribution in [0, 0.1) is 17.8 Å². The van der Waals surface area contributed by atoms with E-state index in [1.807, 2.05) is 27.7 Å². The molecule has 3 N–H and O–H groups in total. The number of ether oxygens (including phenoxy) is 2. The number of carbonyl (C=O) groups is 3. The lowest BCUT2D eigenvalue weighted by molar-refractivity contribution is -0.146. The van der Waals surface area contributed by atoms with Crippen molar-refractivity contribution in [2.75, 3.05) is 25.1 Å². The van der Waals surface area contributed by atoms with Crippen molar-refractivity contribution >= 4 is 23.4 Å². The molecule has 3 fully saturated rings. The zero-order chi connectivity index (χ0) is 27.0. The number of aliphatic hydroxyl groups excluding tert-OH is 1. The van der Waals surface area contributed by atoms with E-state index in [0.29, 0.717) is 30.9 Å². The topological polar surface area (TPSA) is 117 Å². The number of benzene rings is 1. The molecule has 3 aliphatic rings. The largest absolute Gasteiger partial charge is 0.494 e. The summed E-state index contributed by atoms with van der Waals surface area (Å²) in [6.45, 7) is 10.5. The van der Waals surface area contributed by atoms with Gasteiger partial charge in [0.05, 0.1) is 24.0 Å². The second-order valence-corrected chi connectivity index (χ2v) is 11.0. The lowest BCUT2D eigenvalue weighted by Crippen LogP contribution is -2.57. The molecule has 4 rings (SSSR count). The summed E-state index contributed by atoms with van der Waals surface area (Å²) < 4.78 is 12.2. The summed E-state index contributed by atoms with van der Waals surface area (Å²) in [6.07, 6.45) is 2.61. The minimum absolute atomic E-state index is 0.0335. The summed E-state index contributed by atoms with van der Waals surface area (Å²) in [6, 6.07) is 6.23. The van der Waals surface area contributed by atoms with E-state index in [1.165, 1.54) is 0 Å². The monoisotopic (exact) mass is 515 g/mol. The van der Waals surface area contributed by atoms with Crippen LogP contribution in [0.4, 0.5) is 5.69 Å². The van der Waals surface area contributed by atoms with Crippen LogP contribution in [-0.4, -0.2) is 70.8 Å². The highest BCUT2D eigenvalue weighted by molar-refractivity contribution is 6.02. The summed E-state index contributed by atoms with van der Waals surface area (Å²) in [5.41, 5.74) is -1.36. The van der Waals surface area contributed by atoms with Crippen molar-refractivity contribution in [2.24, 2.45) is 17.8 Å². The zero-order valence-corrected chi connectivity index (χ0v) is 22.6. The number of nitrogens with one attached hydrogen (secondary N) is 2. The third-order valence-corrected chi connectivity index (χ3v) is 8.45. The number of aliphatic hydroxyl groups is 1.